The van der Waals surface area contributed by atoms with Crippen LogP contribution in [0.2, 0.25) is 0 Å². The van der Waals surface area contributed by atoms with Crippen LogP contribution in [0, 0.1) is 6.92 Å². The van der Waals surface area contributed by atoms with Crippen molar-refractivity contribution in [2.24, 2.45) is 7.05 Å². The van der Waals surface area contributed by atoms with Gasteiger partial charge >= 0.3 is 0 Å². The lowest BCUT2D eigenvalue weighted by Crippen LogP contribution is -2.31. The fraction of sp³-hybridized carbons (Fsp3) is 0.684. The number of amides is 3. The molecule has 3 amide bonds. The van der Waals surface area contributed by atoms with E-state index in [1.807, 2.05) is 4.90 Å². The number of rotatable bonds is 6. The molecule has 0 bridgehead atoms. The molecule has 0 unspecified atom stereocenters. The zero-order valence-electron chi connectivity index (χ0n) is 16.9. The minimum absolute atomic E-state index is 0.130. The van der Waals surface area contributed by atoms with Gasteiger partial charge in [-0.05, 0) is 26.2 Å². The highest BCUT2D eigenvalue weighted by Crippen LogP contribution is 2.21. The number of aromatic nitrogens is 2. The molecule has 1 aliphatic heterocycles. The third-order valence-electron chi connectivity index (χ3n) is 4.96. The lowest BCUT2D eigenvalue weighted by atomic mass is 10.2. The minimum atomic E-state index is -0.259. The molecule has 2 rings (SSSR count). The summed E-state index contributed by atoms with van der Waals surface area (Å²) < 4.78 is 1.58. The topological polar surface area (TPSA) is 87.5 Å². The van der Waals surface area contributed by atoms with Crippen molar-refractivity contribution in [3.05, 3.63) is 11.4 Å². The Morgan fingerprint density at radius 3 is 2.30 bits per heavy atom. The van der Waals surface area contributed by atoms with E-state index in [-0.39, 0.29) is 29.8 Å². The predicted molar refractivity (Wildman–Crippen MR) is 103 cm³/mol. The number of likely N-dealkylation sites (tertiary alicyclic amines) is 1. The molecule has 0 radical (unpaired) electrons. The van der Waals surface area contributed by atoms with Crippen LogP contribution in [0.5, 0.6) is 0 Å². The molecule has 2 heterocycles. The van der Waals surface area contributed by atoms with E-state index < -0.39 is 0 Å². The molecular weight excluding hydrogens is 346 g/mol. The van der Waals surface area contributed by atoms with Crippen molar-refractivity contribution in [1.29, 1.82) is 0 Å². The number of nitrogens with zero attached hydrogens (tertiary/aromatic N) is 4. The maximum absolute atomic E-state index is 12.3. The molecule has 0 atom stereocenters. The second kappa shape index (κ2) is 9.53. The third kappa shape index (κ3) is 5.55. The quantitative estimate of drug-likeness (QED) is 0.821. The van der Waals surface area contributed by atoms with Crippen molar-refractivity contribution in [2.45, 2.75) is 51.9 Å². The van der Waals surface area contributed by atoms with Gasteiger partial charge in [0, 0.05) is 47.1 Å². The Bertz CT molecular complexity index is 688. The molecule has 0 spiro atoms. The maximum Gasteiger partial charge on any atom is 0.276 e. The van der Waals surface area contributed by atoms with Crippen LogP contribution in [0.1, 0.15) is 61.1 Å². The normalized spacial score (nSPS) is 14.6. The van der Waals surface area contributed by atoms with Crippen LogP contribution in [0.25, 0.3) is 0 Å². The second-order valence-electron chi connectivity index (χ2n) is 7.33. The molecule has 1 aliphatic rings. The molecule has 1 saturated heterocycles. The van der Waals surface area contributed by atoms with Crippen LogP contribution in [0.3, 0.4) is 0 Å². The number of anilines is 1. The summed E-state index contributed by atoms with van der Waals surface area (Å²) in [6.45, 7) is 3.46. The van der Waals surface area contributed by atoms with Gasteiger partial charge in [-0.3, -0.25) is 19.1 Å². The fourth-order valence-electron chi connectivity index (χ4n) is 3.20. The van der Waals surface area contributed by atoms with Crippen molar-refractivity contribution in [3.63, 3.8) is 0 Å². The summed E-state index contributed by atoms with van der Waals surface area (Å²) >= 11 is 0. The van der Waals surface area contributed by atoms with E-state index in [0.717, 1.165) is 25.9 Å². The van der Waals surface area contributed by atoms with E-state index in [4.69, 9.17) is 0 Å². The van der Waals surface area contributed by atoms with Gasteiger partial charge < -0.3 is 15.1 Å². The minimum Gasteiger partial charge on any atom is -0.343 e. The van der Waals surface area contributed by atoms with Gasteiger partial charge in [-0.2, -0.15) is 5.10 Å². The highest BCUT2D eigenvalue weighted by Gasteiger charge is 2.23. The van der Waals surface area contributed by atoms with Gasteiger partial charge in [0.15, 0.2) is 5.69 Å². The summed E-state index contributed by atoms with van der Waals surface area (Å²) in [6.07, 6.45) is 5.61. The first kappa shape index (κ1) is 20.9. The Kier molecular flexibility index (Phi) is 7.38. The largest absolute Gasteiger partial charge is 0.343 e. The van der Waals surface area contributed by atoms with Gasteiger partial charge in [-0.25, -0.2) is 0 Å². The van der Waals surface area contributed by atoms with E-state index in [0.29, 0.717) is 24.2 Å². The standard InChI is InChI=1S/C19H31N5O3/c1-14-17(18(21-23(14)4)19(27)22(2)3)20-15(25)10-9-11-16(26)24-12-7-5-6-8-13-24/h5-13H2,1-4H3,(H,20,25). The van der Waals surface area contributed by atoms with Crippen molar-refractivity contribution < 1.29 is 14.4 Å². The molecule has 0 aromatic carbocycles. The SMILES string of the molecule is Cc1c(NC(=O)CCCC(=O)N2CCCCCC2)c(C(=O)N(C)C)nn1C. The highest BCUT2D eigenvalue weighted by atomic mass is 16.2. The Morgan fingerprint density at radius 2 is 1.70 bits per heavy atom. The lowest BCUT2D eigenvalue weighted by molar-refractivity contribution is -0.131. The lowest BCUT2D eigenvalue weighted by Gasteiger charge is -2.20. The summed E-state index contributed by atoms with van der Waals surface area (Å²) in [4.78, 5) is 40.2. The van der Waals surface area contributed by atoms with Gasteiger partial charge in [0.05, 0.1) is 11.4 Å². The van der Waals surface area contributed by atoms with E-state index in [9.17, 15) is 14.4 Å². The molecule has 27 heavy (non-hydrogen) atoms. The molecule has 8 heteroatoms. The molecule has 150 valence electrons. The molecule has 1 aromatic rings. The van der Waals surface area contributed by atoms with Crippen molar-refractivity contribution >= 4 is 23.4 Å². The predicted octanol–water partition coefficient (Wildman–Crippen LogP) is 1.94. The fourth-order valence-corrected chi connectivity index (χ4v) is 3.20. The Balaban J connectivity index is 1.89. The highest BCUT2D eigenvalue weighted by molar-refractivity contribution is 6.02. The summed E-state index contributed by atoms with van der Waals surface area (Å²) in [5, 5.41) is 7.02. The van der Waals surface area contributed by atoms with Crippen LogP contribution < -0.4 is 5.32 Å². The van der Waals surface area contributed by atoms with Gasteiger partial charge in [-0.15, -0.1) is 0 Å². The molecular formula is C19H31N5O3. The summed E-state index contributed by atoms with van der Waals surface area (Å²) in [5.74, 6) is -0.335. The van der Waals surface area contributed by atoms with E-state index >= 15 is 0 Å². The number of aryl methyl sites for hydroxylation is 1. The summed E-state index contributed by atoms with van der Waals surface area (Å²) in [6, 6.07) is 0. The van der Waals surface area contributed by atoms with Crippen LogP contribution in [0.15, 0.2) is 0 Å². The van der Waals surface area contributed by atoms with Gasteiger partial charge in [0.1, 0.15) is 0 Å². The Morgan fingerprint density at radius 1 is 1.07 bits per heavy atom. The zero-order valence-corrected chi connectivity index (χ0v) is 16.9. The van der Waals surface area contributed by atoms with Gasteiger partial charge in [-0.1, -0.05) is 12.8 Å². The van der Waals surface area contributed by atoms with Crippen molar-refractivity contribution in [1.82, 2.24) is 19.6 Å². The number of carbonyl (C=O) groups excluding carboxylic acids is 3. The first-order chi connectivity index (χ1) is 12.8. The van der Waals surface area contributed by atoms with Crippen LogP contribution >= 0.6 is 0 Å². The summed E-state index contributed by atoms with van der Waals surface area (Å²) in [7, 11) is 5.02. The van der Waals surface area contributed by atoms with Crippen LogP contribution in [-0.2, 0) is 16.6 Å². The second-order valence-corrected chi connectivity index (χ2v) is 7.33. The maximum atomic E-state index is 12.3. The first-order valence-corrected chi connectivity index (χ1v) is 9.64. The average Bonchev–Trinajstić information content (AvgIpc) is 2.84. The number of carbonyl (C=O) groups is 3. The molecule has 0 aliphatic carbocycles. The monoisotopic (exact) mass is 377 g/mol. The molecule has 8 nitrogen and oxygen atoms in total. The molecule has 0 saturated carbocycles. The Labute approximate surface area is 160 Å². The Hall–Kier alpha value is -2.38. The van der Waals surface area contributed by atoms with E-state index in [1.165, 1.54) is 17.7 Å². The number of nitrogens with one attached hydrogen (secondary N) is 1. The van der Waals surface area contributed by atoms with Crippen LogP contribution in [0.4, 0.5) is 5.69 Å². The molecule has 1 fully saturated rings. The van der Waals surface area contributed by atoms with Crippen LogP contribution in [-0.4, -0.2) is 64.5 Å². The van der Waals surface area contributed by atoms with Crippen molar-refractivity contribution in [3.8, 4) is 0 Å². The van der Waals surface area contributed by atoms with E-state index in [2.05, 4.69) is 10.4 Å². The first-order valence-electron chi connectivity index (χ1n) is 9.64. The third-order valence-corrected chi connectivity index (χ3v) is 4.96. The summed E-state index contributed by atoms with van der Waals surface area (Å²) in [5.41, 5.74) is 1.39. The zero-order chi connectivity index (χ0) is 20.0. The van der Waals surface area contributed by atoms with Gasteiger partial charge in [0.2, 0.25) is 11.8 Å². The van der Waals surface area contributed by atoms with Crippen molar-refractivity contribution in [2.75, 3.05) is 32.5 Å². The van der Waals surface area contributed by atoms with E-state index in [1.54, 1.807) is 32.7 Å². The molecule has 1 N–H and O–H groups in total. The number of hydrogen-bond donors (Lipinski definition) is 1. The van der Waals surface area contributed by atoms with Gasteiger partial charge in [0.25, 0.3) is 5.91 Å². The number of hydrogen-bond acceptors (Lipinski definition) is 4. The smallest absolute Gasteiger partial charge is 0.276 e. The molecule has 1 aromatic heterocycles. The average molecular weight is 377 g/mol.